The molecule has 0 heterocycles. The van der Waals surface area contributed by atoms with Crippen LogP contribution in [-0.2, 0) is 4.79 Å². The quantitative estimate of drug-likeness (QED) is 0.760. The maximum atomic E-state index is 12.0. The molecule has 0 aliphatic carbocycles. The van der Waals surface area contributed by atoms with Gasteiger partial charge < -0.3 is 20.6 Å². The van der Waals surface area contributed by atoms with E-state index < -0.39 is 6.10 Å². The minimum Gasteiger partial charge on any atom is -0.389 e. The van der Waals surface area contributed by atoms with Crippen molar-refractivity contribution >= 4 is 17.6 Å². The lowest BCUT2D eigenvalue weighted by molar-refractivity contribution is -0.121. The van der Waals surface area contributed by atoms with E-state index in [0.717, 1.165) is 5.56 Å². The van der Waals surface area contributed by atoms with Crippen LogP contribution in [0.25, 0.3) is 0 Å². The maximum absolute atomic E-state index is 12.0. The normalized spacial score (nSPS) is 11.6. The minimum atomic E-state index is -0.597. The number of benzene rings is 1. The summed E-state index contributed by atoms with van der Waals surface area (Å²) in [6.07, 6.45) is -0.597. The first kappa shape index (κ1) is 16.0. The fourth-order valence-electron chi connectivity index (χ4n) is 1.66. The van der Waals surface area contributed by atoms with E-state index in [4.69, 9.17) is 0 Å². The van der Waals surface area contributed by atoms with Gasteiger partial charge in [-0.3, -0.25) is 4.79 Å². The second-order valence-corrected chi connectivity index (χ2v) is 4.42. The number of anilines is 1. The average Bonchev–Trinajstić information content (AvgIpc) is 2.44. The summed E-state index contributed by atoms with van der Waals surface area (Å²) in [5, 5.41) is 14.7. The van der Waals surface area contributed by atoms with Crippen LogP contribution in [-0.4, -0.2) is 42.1 Å². The Morgan fingerprint density at radius 2 is 2.10 bits per heavy atom. The van der Waals surface area contributed by atoms with Crippen molar-refractivity contribution < 1.29 is 14.7 Å². The Balaban J connectivity index is 2.73. The Labute approximate surface area is 118 Å². The molecule has 0 aromatic heterocycles. The molecule has 3 amide bonds. The topological polar surface area (TPSA) is 81.7 Å². The van der Waals surface area contributed by atoms with Crippen LogP contribution in [0.2, 0.25) is 0 Å². The van der Waals surface area contributed by atoms with Crippen LogP contribution in [0.4, 0.5) is 10.5 Å². The van der Waals surface area contributed by atoms with Gasteiger partial charge in [0.25, 0.3) is 0 Å². The minimum absolute atomic E-state index is 0.00886. The van der Waals surface area contributed by atoms with Crippen LogP contribution in [0, 0.1) is 0 Å². The number of nitrogens with zero attached hydrogens (tertiary/aromatic N) is 1. The van der Waals surface area contributed by atoms with E-state index in [0.29, 0.717) is 12.2 Å². The van der Waals surface area contributed by atoms with Crippen LogP contribution < -0.4 is 10.6 Å². The largest absolute Gasteiger partial charge is 0.389 e. The Morgan fingerprint density at radius 3 is 2.65 bits per heavy atom. The Morgan fingerprint density at radius 1 is 1.40 bits per heavy atom. The number of likely N-dealkylation sites (N-methyl/N-ethyl adjacent to an activating group) is 2. The molecule has 0 saturated carbocycles. The average molecular weight is 279 g/mol. The third kappa shape index (κ3) is 4.55. The van der Waals surface area contributed by atoms with E-state index in [1.165, 1.54) is 11.9 Å². The summed E-state index contributed by atoms with van der Waals surface area (Å²) in [7, 11) is 1.53. The predicted octanol–water partition coefficient (Wildman–Crippen LogP) is 1.34. The van der Waals surface area contributed by atoms with Gasteiger partial charge in [-0.1, -0.05) is 12.1 Å². The molecular formula is C14H21N3O3. The molecule has 6 heteroatoms. The van der Waals surface area contributed by atoms with Gasteiger partial charge in [0.1, 0.15) is 6.54 Å². The Kier molecular flexibility index (Phi) is 5.99. The summed E-state index contributed by atoms with van der Waals surface area (Å²) >= 11 is 0. The summed E-state index contributed by atoms with van der Waals surface area (Å²) in [5.41, 5.74) is 1.31. The molecule has 1 atom stereocenters. The number of carbonyl (C=O) groups is 2. The first-order valence-electron chi connectivity index (χ1n) is 6.52. The number of nitrogens with one attached hydrogen (secondary N) is 2. The van der Waals surface area contributed by atoms with Crippen LogP contribution >= 0.6 is 0 Å². The zero-order valence-corrected chi connectivity index (χ0v) is 12.0. The number of hydrogen-bond acceptors (Lipinski definition) is 3. The van der Waals surface area contributed by atoms with Crippen molar-refractivity contribution in [1.82, 2.24) is 10.2 Å². The van der Waals surface area contributed by atoms with Crippen LogP contribution in [0.3, 0.4) is 0 Å². The second kappa shape index (κ2) is 7.49. The SMILES string of the molecule is CCN(CC(=O)NC)C(=O)Nc1cccc(C(C)O)c1. The van der Waals surface area contributed by atoms with Gasteiger partial charge in [-0.15, -0.1) is 0 Å². The number of amides is 3. The molecule has 1 rings (SSSR count). The Bertz CT molecular complexity index is 474. The zero-order valence-electron chi connectivity index (χ0n) is 12.0. The first-order chi connectivity index (χ1) is 9.47. The van der Waals surface area contributed by atoms with E-state index in [1.807, 2.05) is 0 Å². The van der Waals surface area contributed by atoms with Crippen molar-refractivity contribution in [2.24, 2.45) is 0 Å². The number of urea groups is 1. The summed E-state index contributed by atoms with van der Waals surface area (Å²) in [6, 6.07) is 6.63. The zero-order chi connectivity index (χ0) is 15.1. The van der Waals surface area contributed by atoms with Gasteiger partial charge in [-0.2, -0.15) is 0 Å². The molecule has 0 fully saturated rings. The van der Waals surface area contributed by atoms with Crippen molar-refractivity contribution in [3.63, 3.8) is 0 Å². The number of rotatable bonds is 5. The molecule has 0 radical (unpaired) electrons. The maximum Gasteiger partial charge on any atom is 0.322 e. The molecule has 0 spiro atoms. The van der Waals surface area contributed by atoms with Gasteiger partial charge in [0.05, 0.1) is 6.10 Å². The molecule has 110 valence electrons. The van der Waals surface area contributed by atoms with Crippen molar-refractivity contribution in [3.05, 3.63) is 29.8 Å². The van der Waals surface area contributed by atoms with Gasteiger partial charge in [0.15, 0.2) is 0 Å². The van der Waals surface area contributed by atoms with Gasteiger partial charge in [-0.05, 0) is 31.5 Å². The smallest absolute Gasteiger partial charge is 0.322 e. The van der Waals surface area contributed by atoms with Crippen molar-refractivity contribution in [1.29, 1.82) is 0 Å². The highest BCUT2D eigenvalue weighted by Crippen LogP contribution is 2.17. The monoisotopic (exact) mass is 279 g/mol. The van der Waals surface area contributed by atoms with Gasteiger partial charge in [-0.25, -0.2) is 4.79 Å². The summed E-state index contributed by atoms with van der Waals surface area (Å²) < 4.78 is 0. The highest BCUT2D eigenvalue weighted by Gasteiger charge is 2.15. The third-order valence-corrected chi connectivity index (χ3v) is 2.90. The predicted molar refractivity (Wildman–Crippen MR) is 77.4 cm³/mol. The van der Waals surface area contributed by atoms with Crippen LogP contribution in [0.1, 0.15) is 25.5 Å². The lowest BCUT2D eigenvalue weighted by Crippen LogP contribution is -2.41. The van der Waals surface area contributed by atoms with Crippen LogP contribution in [0.15, 0.2) is 24.3 Å². The molecule has 0 bridgehead atoms. The van der Waals surface area contributed by atoms with Gasteiger partial charge in [0.2, 0.25) is 5.91 Å². The summed E-state index contributed by atoms with van der Waals surface area (Å²) in [5.74, 6) is -0.222. The number of carbonyl (C=O) groups excluding carboxylic acids is 2. The molecule has 20 heavy (non-hydrogen) atoms. The van der Waals surface area contributed by atoms with E-state index in [-0.39, 0.29) is 18.5 Å². The summed E-state index contributed by atoms with van der Waals surface area (Å²) in [6.45, 7) is 3.89. The van der Waals surface area contributed by atoms with E-state index >= 15 is 0 Å². The molecule has 1 unspecified atom stereocenters. The molecule has 6 nitrogen and oxygen atoms in total. The highest BCUT2D eigenvalue weighted by molar-refractivity contribution is 5.92. The van der Waals surface area contributed by atoms with Crippen LogP contribution in [0.5, 0.6) is 0 Å². The lowest BCUT2D eigenvalue weighted by Gasteiger charge is -2.20. The van der Waals surface area contributed by atoms with E-state index in [9.17, 15) is 14.7 Å². The fourth-order valence-corrected chi connectivity index (χ4v) is 1.66. The fraction of sp³-hybridized carbons (Fsp3) is 0.429. The number of aliphatic hydroxyl groups excluding tert-OH is 1. The molecule has 0 aliphatic heterocycles. The number of hydrogen-bond donors (Lipinski definition) is 3. The molecule has 1 aromatic carbocycles. The molecule has 1 aromatic rings. The standard InChI is InChI=1S/C14H21N3O3/c1-4-17(9-13(19)15-3)14(20)16-12-7-5-6-11(8-12)10(2)18/h5-8,10,18H,4,9H2,1-3H3,(H,15,19)(H,16,20). The van der Waals surface area contributed by atoms with Crippen molar-refractivity contribution in [2.45, 2.75) is 20.0 Å². The van der Waals surface area contributed by atoms with Gasteiger partial charge >= 0.3 is 6.03 Å². The number of aliphatic hydroxyl groups is 1. The first-order valence-corrected chi connectivity index (χ1v) is 6.52. The molecule has 3 N–H and O–H groups in total. The van der Waals surface area contributed by atoms with E-state index in [1.54, 1.807) is 38.1 Å². The molecule has 0 saturated heterocycles. The third-order valence-electron chi connectivity index (χ3n) is 2.90. The van der Waals surface area contributed by atoms with E-state index in [2.05, 4.69) is 10.6 Å². The molecular weight excluding hydrogens is 258 g/mol. The highest BCUT2D eigenvalue weighted by atomic mass is 16.3. The van der Waals surface area contributed by atoms with Gasteiger partial charge in [0, 0.05) is 19.3 Å². The van der Waals surface area contributed by atoms with Crippen molar-refractivity contribution in [2.75, 3.05) is 25.5 Å². The molecule has 0 aliphatic rings. The Hall–Kier alpha value is -2.08. The second-order valence-electron chi connectivity index (χ2n) is 4.42. The van der Waals surface area contributed by atoms with Crippen molar-refractivity contribution in [3.8, 4) is 0 Å². The summed E-state index contributed by atoms with van der Waals surface area (Å²) in [4.78, 5) is 24.8. The lowest BCUT2D eigenvalue weighted by atomic mass is 10.1.